The number of hydrogen-bond donors (Lipinski definition) is 3. The van der Waals surface area contributed by atoms with Crippen molar-refractivity contribution in [1.82, 2.24) is 9.97 Å². The standard InChI is InChI=1S/C14H27N5/c1-10-17-11(16-9-13(2,3)4)7-12(18-10)19-14(5,6)8-15/h7H,8-9,15H2,1-6H3,(H2,16,17,18,19). The summed E-state index contributed by atoms with van der Waals surface area (Å²) in [5.41, 5.74) is 5.76. The third-order valence-electron chi connectivity index (χ3n) is 2.61. The minimum absolute atomic E-state index is 0.178. The molecule has 0 saturated heterocycles. The molecule has 1 aromatic heterocycles. The van der Waals surface area contributed by atoms with Gasteiger partial charge in [-0.15, -0.1) is 0 Å². The lowest BCUT2D eigenvalue weighted by Gasteiger charge is -2.25. The third-order valence-corrected chi connectivity index (χ3v) is 2.61. The Labute approximate surface area is 116 Å². The quantitative estimate of drug-likeness (QED) is 0.762. The first-order chi connectivity index (χ1) is 8.61. The first-order valence-corrected chi connectivity index (χ1v) is 6.69. The number of hydrogen-bond acceptors (Lipinski definition) is 5. The number of nitrogens with zero attached hydrogens (tertiary/aromatic N) is 2. The highest BCUT2D eigenvalue weighted by Gasteiger charge is 2.16. The zero-order chi connectivity index (χ0) is 14.7. The number of rotatable bonds is 5. The first-order valence-electron chi connectivity index (χ1n) is 6.69. The van der Waals surface area contributed by atoms with Crippen LogP contribution < -0.4 is 16.4 Å². The van der Waals surface area contributed by atoms with Crippen LogP contribution in [0.25, 0.3) is 0 Å². The van der Waals surface area contributed by atoms with Crippen molar-refractivity contribution in [3.8, 4) is 0 Å². The molecule has 1 heterocycles. The lowest BCUT2D eigenvalue weighted by molar-refractivity contribution is 0.442. The summed E-state index contributed by atoms with van der Waals surface area (Å²) < 4.78 is 0. The molecule has 0 aliphatic rings. The zero-order valence-electron chi connectivity index (χ0n) is 13.0. The van der Waals surface area contributed by atoms with E-state index in [1.165, 1.54) is 0 Å². The maximum absolute atomic E-state index is 5.72. The molecule has 1 rings (SSSR count). The lowest BCUT2D eigenvalue weighted by Crippen LogP contribution is -2.39. The predicted octanol–water partition coefficient (Wildman–Crippen LogP) is 2.39. The summed E-state index contributed by atoms with van der Waals surface area (Å²) in [6.45, 7) is 14.0. The maximum atomic E-state index is 5.72. The van der Waals surface area contributed by atoms with Gasteiger partial charge in [0.1, 0.15) is 17.5 Å². The highest BCUT2D eigenvalue weighted by Crippen LogP contribution is 2.18. The van der Waals surface area contributed by atoms with E-state index in [0.717, 1.165) is 24.0 Å². The van der Waals surface area contributed by atoms with Gasteiger partial charge in [-0.05, 0) is 26.2 Å². The summed E-state index contributed by atoms with van der Waals surface area (Å²) in [6, 6.07) is 1.93. The van der Waals surface area contributed by atoms with Crippen molar-refractivity contribution < 1.29 is 0 Å². The highest BCUT2D eigenvalue weighted by atomic mass is 15.1. The molecule has 0 spiro atoms. The fourth-order valence-electron chi connectivity index (χ4n) is 1.48. The Morgan fingerprint density at radius 3 is 2.21 bits per heavy atom. The SMILES string of the molecule is Cc1nc(NCC(C)(C)C)cc(NC(C)(C)CN)n1. The minimum Gasteiger partial charge on any atom is -0.369 e. The molecular formula is C14H27N5. The zero-order valence-corrected chi connectivity index (χ0v) is 13.0. The summed E-state index contributed by atoms with van der Waals surface area (Å²) in [5.74, 6) is 2.39. The molecule has 5 heteroatoms. The van der Waals surface area contributed by atoms with Gasteiger partial charge in [0.15, 0.2) is 0 Å². The second kappa shape index (κ2) is 5.74. The Morgan fingerprint density at radius 1 is 1.11 bits per heavy atom. The van der Waals surface area contributed by atoms with Crippen LogP contribution in [0, 0.1) is 12.3 Å². The van der Waals surface area contributed by atoms with E-state index in [1.54, 1.807) is 0 Å². The van der Waals surface area contributed by atoms with Crippen molar-refractivity contribution in [1.29, 1.82) is 0 Å². The van der Waals surface area contributed by atoms with E-state index in [1.807, 2.05) is 26.8 Å². The van der Waals surface area contributed by atoms with Gasteiger partial charge in [0.05, 0.1) is 0 Å². The van der Waals surface area contributed by atoms with E-state index in [-0.39, 0.29) is 11.0 Å². The molecule has 0 aliphatic heterocycles. The molecule has 0 aromatic carbocycles. The van der Waals surface area contributed by atoms with Crippen LogP contribution in [0.5, 0.6) is 0 Å². The van der Waals surface area contributed by atoms with Gasteiger partial charge in [-0.2, -0.15) is 0 Å². The summed E-state index contributed by atoms with van der Waals surface area (Å²) in [4.78, 5) is 8.79. The summed E-state index contributed by atoms with van der Waals surface area (Å²) in [7, 11) is 0. The van der Waals surface area contributed by atoms with Gasteiger partial charge in [-0.25, -0.2) is 9.97 Å². The minimum atomic E-state index is -0.178. The Morgan fingerprint density at radius 2 is 1.68 bits per heavy atom. The summed E-state index contributed by atoms with van der Waals surface area (Å²) >= 11 is 0. The normalized spacial score (nSPS) is 12.4. The Hall–Kier alpha value is -1.36. The summed E-state index contributed by atoms with van der Waals surface area (Å²) in [5, 5.41) is 6.68. The third kappa shape index (κ3) is 5.87. The molecule has 0 radical (unpaired) electrons. The predicted molar refractivity (Wildman–Crippen MR) is 81.5 cm³/mol. The van der Waals surface area contributed by atoms with Gasteiger partial charge in [-0.3, -0.25) is 0 Å². The van der Waals surface area contributed by atoms with Gasteiger partial charge < -0.3 is 16.4 Å². The van der Waals surface area contributed by atoms with E-state index >= 15 is 0 Å². The van der Waals surface area contributed by atoms with Crippen molar-refractivity contribution >= 4 is 11.6 Å². The second-order valence-electron chi connectivity index (χ2n) is 6.81. The fourth-order valence-corrected chi connectivity index (χ4v) is 1.48. The monoisotopic (exact) mass is 265 g/mol. The van der Waals surface area contributed by atoms with E-state index in [0.29, 0.717) is 6.54 Å². The van der Waals surface area contributed by atoms with Crippen LogP contribution in [0.2, 0.25) is 0 Å². The number of anilines is 2. The van der Waals surface area contributed by atoms with Gasteiger partial charge >= 0.3 is 0 Å². The van der Waals surface area contributed by atoms with Crippen molar-refractivity contribution in [2.75, 3.05) is 23.7 Å². The molecule has 0 saturated carbocycles. The van der Waals surface area contributed by atoms with Crippen LogP contribution >= 0.6 is 0 Å². The van der Waals surface area contributed by atoms with Gasteiger partial charge in [0.25, 0.3) is 0 Å². The molecule has 1 aromatic rings. The van der Waals surface area contributed by atoms with E-state index in [2.05, 4.69) is 41.4 Å². The number of aromatic nitrogens is 2. The molecule has 0 fully saturated rings. The van der Waals surface area contributed by atoms with Crippen LogP contribution in [-0.4, -0.2) is 28.6 Å². The number of aryl methyl sites for hydroxylation is 1. The van der Waals surface area contributed by atoms with Gasteiger partial charge in [0.2, 0.25) is 0 Å². The van der Waals surface area contributed by atoms with Gasteiger partial charge in [0, 0.05) is 24.7 Å². The van der Waals surface area contributed by atoms with Crippen LogP contribution in [0.1, 0.15) is 40.4 Å². The molecule has 4 N–H and O–H groups in total. The van der Waals surface area contributed by atoms with Crippen molar-refractivity contribution in [3.05, 3.63) is 11.9 Å². The van der Waals surface area contributed by atoms with Crippen LogP contribution in [0.15, 0.2) is 6.07 Å². The topological polar surface area (TPSA) is 75.9 Å². The first kappa shape index (κ1) is 15.7. The Balaban J connectivity index is 2.82. The van der Waals surface area contributed by atoms with Crippen LogP contribution in [0.4, 0.5) is 11.6 Å². The molecule has 0 bridgehead atoms. The van der Waals surface area contributed by atoms with Crippen molar-refractivity contribution in [3.63, 3.8) is 0 Å². The molecule has 0 atom stereocenters. The molecular weight excluding hydrogens is 238 g/mol. The van der Waals surface area contributed by atoms with Crippen LogP contribution in [-0.2, 0) is 0 Å². The molecule has 108 valence electrons. The Bertz CT molecular complexity index is 420. The van der Waals surface area contributed by atoms with E-state index < -0.39 is 0 Å². The largest absolute Gasteiger partial charge is 0.369 e. The van der Waals surface area contributed by atoms with Gasteiger partial charge in [-0.1, -0.05) is 20.8 Å². The number of nitrogens with one attached hydrogen (secondary N) is 2. The summed E-state index contributed by atoms with van der Waals surface area (Å²) in [6.07, 6.45) is 0. The molecule has 0 unspecified atom stereocenters. The molecule has 5 nitrogen and oxygen atoms in total. The molecule has 0 aliphatic carbocycles. The average Bonchev–Trinajstić information content (AvgIpc) is 2.24. The smallest absolute Gasteiger partial charge is 0.132 e. The fraction of sp³-hybridized carbons (Fsp3) is 0.714. The highest BCUT2D eigenvalue weighted by molar-refractivity contribution is 5.48. The average molecular weight is 265 g/mol. The van der Waals surface area contributed by atoms with Crippen LogP contribution in [0.3, 0.4) is 0 Å². The van der Waals surface area contributed by atoms with E-state index in [9.17, 15) is 0 Å². The lowest BCUT2D eigenvalue weighted by atomic mass is 9.97. The molecule has 0 amide bonds. The van der Waals surface area contributed by atoms with E-state index in [4.69, 9.17) is 5.73 Å². The maximum Gasteiger partial charge on any atom is 0.132 e. The van der Waals surface area contributed by atoms with Crippen molar-refractivity contribution in [2.45, 2.75) is 47.1 Å². The number of nitrogens with two attached hydrogens (primary N) is 1. The Kier molecular flexibility index (Phi) is 4.74. The molecule has 19 heavy (non-hydrogen) atoms. The second-order valence-corrected chi connectivity index (χ2v) is 6.81. The van der Waals surface area contributed by atoms with Crippen molar-refractivity contribution in [2.24, 2.45) is 11.1 Å².